The van der Waals surface area contributed by atoms with Crippen molar-refractivity contribution in [3.8, 4) is 0 Å². The van der Waals surface area contributed by atoms with Crippen LogP contribution >= 0.6 is 12.2 Å². The lowest BCUT2D eigenvalue weighted by Crippen LogP contribution is -2.61. The van der Waals surface area contributed by atoms with E-state index in [0.717, 1.165) is 42.4 Å². The summed E-state index contributed by atoms with van der Waals surface area (Å²) < 4.78 is 0. The third-order valence-corrected chi connectivity index (χ3v) is 5.73. The van der Waals surface area contributed by atoms with E-state index in [1.807, 2.05) is 0 Å². The number of hydrogen-bond acceptors (Lipinski definition) is 2. The fourth-order valence-electron chi connectivity index (χ4n) is 5.15. The molecule has 4 bridgehead atoms. The normalized spacial score (nSPS) is 38.2. The first-order chi connectivity index (χ1) is 9.55. The molecule has 0 amide bonds. The third kappa shape index (κ3) is 3.28. The predicted molar refractivity (Wildman–Crippen MR) is 87.8 cm³/mol. The van der Waals surface area contributed by atoms with E-state index in [2.05, 4.69) is 29.6 Å². The van der Waals surface area contributed by atoms with E-state index in [1.165, 1.54) is 38.5 Å². The maximum absolute atomic E-state index is 5.53. The Bertz CT molecular complexity index is 331. The summed E-state index contributed by atoms with van der Waals surface area (Å²) in [4.78, 5) is 2.22. The summed E-state index contributed by atoms with van der Waals surface area (Å²) in [5.41, 5.74) is 0.348. The van der Waals surface area contributed by atoms with Gasteiger partial charge in [-0.3, -0.25) is 0 Å². The molecule has 0 aromatic carbocycles. The summed E-state index contributed by atoms with van der Waals surface area (Å²) in [6, 6.07) is 0. The molecule has 114 valence electrons. The van der Waals surface area contributed by atoms with Gasteiger partial charge in [-0.05, 0) is 95.6 Å². The standard InChI is InChI=1S/C16H29N3S/c1-19(2)5-3-4-17-15(20)18-16-9-12-6-13(10-16)8-14(7-12)11-16/h12-14H,3-11H2,1-2H3,(H2,17,18,20). The van der Waals surface area contributed by atoms with Gasteiger partial charge in [0, 0.05) is 12.1 Å². The first kappa shape index (κ1) is 14.6. The third-order valence-electron chi connectivity index (χ3n) is 5.48. The first-order valence-corrected chi connectivity index (χ1v) is 8.66. The second kappa shape index (κ2) is 5.80. The van der Waals surface area contributed by atoms with Crippen molar-refractivity contribution in [1.82, 2.24) is 15.5 Å². The van der Waals surface area contributed by atoms with Crippen LogP contribution in [0.15, 0.2) is 0 Å². The molecule has 4 aliphatic carbocycles. The van der Waals surface area contributed by atoms with Crippen molar-refractivity contribution < 1.29 is 0 Å². The van der Waals surface area contributed by atoms with E-state index in [1.54, 1.807) is 0 Å². The Labute approximate surface area is 128 Å². The number of rotatable bonds is 5. The van der Waals surface area contributed by atoms with Crippen molar-refractivity contribution in [3.05, 3.63) is 0 Å². The molecule has 0 saturated heterocycles. The molecule has 20 heavy (non-hydrogen) atoms. The summed E-state index contributed by atoms with van der Waals surface area (Å²) >= 11 is 5.53. The number of hydrogen-bond donors (Lipinski definition) is 2. The smallest absolute Gasteiger partial charge is 0.166 e. The quantitative estimate of drug-likeness (QED) is 0.601. The van der Waals surface area contributed by atoms with Gasteiger partial charge in [-0.25, -0.2) is 0 Å². The Balaban J connectivity index is 1.46. The molecule has 0 radical (unpaired) electrons. The average molecular weight is 295 g/mol. The molecular weight excluding hydrogens is 266 g/mol. The second-order valence-electron chi connectivity index (χ2n) is 7.74. The number of thiocarbonyl (C=S) groups is 1. The molecule has 0 aromatic rings. The Kier molecular flexibility index (Phi) is 4.23. The minimum absolute atomic E-state index is 0.348. The van der Waals surface area contributed by atoms with Crippen LogP contribution in [-0.4, -0.2) is 42.7 Å². The lowest BCUT2D eigenvalue weighted by Gasteiger charge is -2.57. The van der Waals surface area contributed by atoms with E-state index in [9.17, 15) is 0 Å². The van der Waals surface area contributed by atoms with Crippen molar-refractivity contribution in [2.24, 2.45) is 17.8 Å². The molecule has 4 aliphatic rings. The summed E-state index contributed by atoms with van der Waals surface area (Å²) in [6.07, 6.45) is 9.70. The lowest BCUT2D eigenvalue weighted by atomic mass is 9.53. The highest BCUT2D eigenvalue weighted by Gasteiger charge is 2.51. The first-order valence-electron chi connectivity index (χ1n) is 8.25. The van der Waals surface area contributed by atoms with E-state index in [0.29, 0.717) is 5.54 Å². The zero-order valence-corrected chi connectivity index (χ0v) is 13.8. The fourth-order valence-corrected chi connectivity index (χ4v) is 5.46. The van der Waals surface area contributed by atoms with Crippen LogP contribution < -0.4 is 10.6 Å². The van der Waals surface area contributed by atoms with Crippen molar-refractivity contribution in [2.75, 3.05) is 27.2 Å². The van der Waals surface area contributed by atoms with Crippen LogP contribution in [0.25, 0.3) is 0 Å². The van der Waals surface area contributed by atoms with Crippen molar-refractivity contribution in [1.29, 1.82) is 0 Å². The van der Waals surface area contributed by atoms with Gasteiger partial charge in [0.2, 0.25) is 0 Å². The molecule has 0 aliphatic heterocycles. The summed E-state index contributed by atoms with van der Waals surface area (Å²) in [5, 5.41) is 8.02. The Morgan fingerprint density at radius 2 is 1.65 bits per heavy atom. The van der Waals surface area contributed by atoms with E-state index >= 15 is 0 Å². The van der Waals surface area contributed by atoms with Crippen molar-refractivity contribution in [2.45, 2.75) is 50.5 Å². The van der Waals surface area contributed by atoms with Gasteiger partial charge in [0.15, 0.2) is 5.11 Å². The number of nitrogens with zero attached hydrogens (tertiary/aromatic N) is 1. The van der Waals surface area contributed by atoms with Crippen molar-refractivity contribution >= 4 is 17.3 Å². The van der Waals surface area contributed by atoms with Gasteiger partial charge in [0.1, 0.15) is 0 Å². The molecule has 4 rings (SSSR count). The van der Waals surface area contributed by atoms with Gasteiger partial charge in [-0.2, -0.15) is 0 Å². The SMILES string of the molecule is CN(C)CCCNC(=S)NC12CC3CC(CC(C3)C1)C2. The van der Waals surface area contributed by atoms with Crippen molar-refractivity contribution in [3.63, 3.8) is 0 Å². The molecule has 2 N–H and O–H groups in total. The zero-order chi connectivity index (χ0) is 14.2. The van der Waals surface area contributed by atoms with Gasteiger partial charge < -0.3 is 15.5 Å². The minimum Gasteiger partial charge on any atom is -0.363 e. The van der Waals surface area contributed by atoms with E-state index in [-0.39, 0.29) is 0 Å². The molecular formula is C16H29N3S. The van der Waals surface area contributed by atoms with E-state index < -0.39 is 0 Å². The topological polar surface area (TPSA) is 27.3 Å². The summed E-state index contributed by atoms with van der Waals surface area (Å²) in [5.74, 6) is 2.93. The van der Waals surface area contributed by atoms with Crippen LogP contribution in [0.1, 0.15) is 44.9 Å². The Morgan fingerprint density at radius 3 is 2.15 bits per heavy atom. The molecule has 0 heterocycles. The molecule has 4 fully saturated rings. The van der Waals surface area contributed by atoms with Gasteiger partial charge in [-0.15, -0.1) is 0 Å². The fraction of sp³-hybridized carbons (Fsp3) is 0.938. The van der Waals surface area contributed by atoms with Crippen LogP contribution in [0.3, 0.4) is 0 Å². The maximum Gasteiger partial charge on any atom is 0.166 e. The molecule has 4 saturated carbocycles. The van der Waals surface area contributed by atoms with Crippen LogP contribution in [0.5, 0.6) is 0 Å². The Morgan fingerprint density at radius 1 is 1.10 bits per heavy atom. The molecule has 0 unspecified atom stereocenters. The number of nitrogens with one attached hydrogen (secondary N) is 2. The average Bonchev–Trinajstić information content (AvgIpc) is 2.32. The van der Waals surface area contributed by atoms with Gasteiger partial charge in [0.25, 0.3) is 0 Å². The van der Waals surface area contributed by atoms with Crippen LogP contribution in [0, 0.1) is 17.8 Å². The largest absolute Gasteiger partial charge is 0.363 e. The summed E-state index contributed by atoms with van der Waals surface area (Å²) in [6.45, 7) is 2.10. The van der Waals surface area contributed by atoms with E-state index in [4.69, 9.17) is 12.2 Å². The predicted octanol–water partition coefficient (Wildman–Crippen LogP) is 2.37. The second-order valence-corrected chi connectivity index (χ2v) is 8.14. The van der Waals surface area contributed by atoms with Crippen LogP contribution in [0.4, 0.5) is 0 Å². The lowest BCUT2D eigenvalue weighted by molar-refractivity contribution is -0.0101. The molecule has 0 atom stereocenters. The van der Waals surface area contributed by atoms with Gasteiger partial charge in [-0.1, -0.05) is 0 Å². The van der Waals surface area contributed by atoms with Crippen LogP contribution in [0.2, 0.25) is 0 Å². The summed E-state index contributed by atoms with van der Waals surface area (Å²) in [7, 11) is 4.23. The minimum atomic E-state index is 0.348. The molecule has 3 nitrogen and oxygen atoms in total. The monoisotopic (exact) mass is 295 g/mol. The zero-order valence-electron chi connectivity index (χ0n) is 13.0. The van der Waals surface area contributed by atoms with Crippen LogP contribution in [-0.2, 0) is 0 Å². The molecule has 0 spiro atoms. The molecule has 4 heteroatoms. The maximum atomic E-state index is 5.53. The highest BCUT2D eigenvalue weighted by Crippen LogP contribution is 2.55. The van der Waals surface area contributed by atoms with Gasteiger partial charge in [0.05, 0.1) is 0 Å². The molecule has 0 aromatic heterocycles. The highest BCUT2D eigenvalue weighted by atomic mass is 32.1. The van der Waals surface area contributed by atoms with Gasteiger partial charge >= 0.3 is 0 Å². The highest BCUT2D eigenvalue weighted by molar-refractivity contribution is 7.80. The Hall–Kier alpha value is -0.350.